The molecule has 1 rings (SSSR count). The van der Waals surface area contributed by atoms with Gasteiger partial charge in [0.1, 0.15) is 15.7 Å². The molecule has 0 saturated heterocycles. The Kier molecular flexibility index (Phi) is 4.69. The van der Waals surface area contributed by atoms with Gasteiger partial charge in [-0.05, 0) is 28.9 Å². The third-order valence-corrected chi connectivity index (χ3v) is 3.60. The number of aromatic nitrogens is 1. The lowest BCUT2D eigenvalue weighted by molar-refractivity contribution is 0.0944. The summed E-state index contributed by atoms with van der Waals surface area (Å²) in [5.74, 6) is -0.472. The van der Waals surface area contributed by atoms with Crippen LogP contribution in [0.4, 0.5) is 5.82 Å². The Labute approximate surface area is 114 Å². The molecule has 100 valence electrons. The summed E-state index contributed by atoms with van der Waals surface area (Å²) in [6.45, 7) is 1.61. The first-order valence-corrected chi connectivity index (χ1v) is 7.94. The number of nitrogens with zero attached hydrogens (tertiary/aromatic N) is 1. The summed E-state index contributed by atoms with van der Waals surface area (Å²) in [5.41, 5.74) is 5.80. The van der Waals surface area contributed by atoms with Crippen molar-refractivity contribution in [2.75, 3.05) is 17.7 Å². The van der Waals surface area contributed by atoms with Crippen LogP contribution in [0.2, 0.25) is 0 Å². The van der Waals surface area contributed by atoms with Crippen molar-refractivity contribution in [1.82, 2.24) is 10.3 Å². The second-order valence-electron chi connectivity index (χ2n) is 4.05. The highest BCUT2D eigenvalue weighted by atomic mass is 79.9. The van der Waals surface area contributed by atoms with Crippen molar-refractivity contribution in [1.29, 1.82) is 0 Å². The van der Waals surface area contributed by atoms with Crippen molar-refractivity contribution >= 4 is 37.5 Å². The molecule has 3 N–H and O–H groups in total. The van der Waals surface area contributed by atoms with E-state index >= 15 is 0 Å². The van der Waals surface area contributed by atoms with Crippen molar-refractivity contribution in [3.8, 4) is 0 Å². The number of carbonyl (C=O) groups is 1. The smallest absolute Gasteiger partial charge is 0.255 e. The Hall–Kier alpha value is -1.15. The average molecular weight is 336 g/mol. The van der Waals surface area contributed by atoms with Crippen molar-refractivity contribution in [3.63, 3.8) is 0 Å². The van der Waals surface area contributed by atoms with Crippen LogP contribution in [0.5, 0.6) is 0 Å². The van der Waals surface area contributed by atoms with Crippen molar-refractivity contribution < 1.29 is 13.2 Å². The van der Waals surface area contributed by atoms with Crippen LogP contribution < -0.4 is 11.1 Å². The van der Waals surface area contributed by atoms with E-state index in [9.17, 15) is 13.2 Å². The van der Waals surface area contributed by atoms with Crippen LogP contribution in [0.3, 0.4) is 0 Å². The van der Waals surface area contributed by atoms with Gasteiger partial charge < -0.3 is 11.1 Å². The number of nitrogen functional groups attached to an aromatic ring is 1. The summed E-state index contributed by atoms with van der Waals surface area (Å²) in [5, 5.41) is 2.56. The summed E-state index contributed by atoms with van der Waals surface area (Å²) < 4.78 is 22.8. The molecular formula is C10H14BrN3O3S. The van der Waals surface area contributed by atoms with Crippen LogP contribution in [-0.2, 0) is 9.84 Å². The topological polar surface area (TPSA) is 102 Å². The standard InChI is InChI=1S/C10H14BrN3O3S/c1-6(5-18(2,16)17)14-10(15)8-3-7(11)4-13-9(8)12/h3-4,6H,5H2,1-2H3,(H2,12,13)(H,14,15). The van der Waals surface area contributed by atoms with Gasteiger partial charge in [-0.25, -0.2) is 13.4 Å². The highest BCUT2D eigenvalue weighted by molar-refractivity contribution is 9.10. The minimum atomic E-state index is -3.14. The summed E-state index contributed by atoms with van der Waals surface area (Å²) in [4.78, 5) is 15.7. The number of nitrogens with two attached hydrogens (primary N) is 1. The van der Waals surface area contributed by atoms with Gasteiger partial charge in [-0.3, -0.25) is 4.79 Å². The van der Waals surface area contributed by atoms with E-state index in [2.05, 4.69) is 26.2 Å². The van der Waals surface area contributed by atoms with E-state index in [-0.39, 0.29) is 17.1 Å². The second kappa shape index (κ2) is 5.66. The third kappa shape index (κ3) is 4.61. The van der Waals surface area contributed by atoms with Crippen molar-refractivity contribution in [3.05, 3.63) is 22.3 Å². The minimum Gasteiger partial charge on any atom is -0.383 e. The number of amides is 1. The maximum atomic E-state index is 11.9. The van der Waals surface area contributed by atoms with Gasteiger partial charge in [-0.15, -0.1) is 0 Å². The van der Waals surface area contributed by atoms with E-state index in [0.717, 1.165) is 6.26 Å². The molecule has 0 radical (unpaired) electrons. The van der Waals surface area contributed by atoms with Crippen LogP contribution in [0.1, 0.15) is 17.3 Å². The largest absolute Gasteiger partial charge is 0.383 e. The van der Waals surface area contributed by atoms with Crippen molar-refractivity contribution in [2.45, 2.75) is 13.0 Å². The molecule has 1 heterocycles. The minimum absolute atomic E-state index is 0.0993. The lowest BCUT2D eigenvalue weighted by Crippen LogP contribution is -2.37. The van der Waals surface area contributed by atoms with Crippen LogP contribution >= 0.6 is 15.9 Å². The Morgan fingerprint density at radius 3 is 2.78 bits per heavy atom. The summed E-state index contributed by atoms with van der Waals surface area (Å²) >= 11 is 3.19. The highest BCUT2D eigenvalue weighted by Gasteiger charge is 2.16. The molecule has 0 saturated carbocycles. The predicted molar refractivity (Wildman–Crippen MR) is 73.0 cm³/mol. The molecule has 0 spiro atoms. The fraction of sp³-hybridized carbons (Fsp3) is 0.400. The molecule has 1 aromatic rings. The van der Waals surface area contributed by atoms with Crippen LogP contribution in [-0.4, -0.2) is 37.4 Å². The van der Waals surface area contributed by atoms with Gasteiger partial charge in [0, 0.05) is 23.0 Å². The number of anilines is 1. The summed E-state index contributed by atoms with van der Waals surface area (Å²) in [6, 6.07) is 1.04. The number of rotatable bonds is 4. The van der Waals surface area contributed by atoms with Crippen LogP contribution in [0.15, 0.2) is 16.7 Å². The second-order valence-corrected chi connectivity index (χ2v) is 7.15. The number of halogens is 1. The fourth-order valence-electron chi connectivity index (χ4n) is 1.43. The quantitative estimate of drug-likeness (QED) is 0.838. The number of nitrogens with one attached hydrogen (secondary N) is 1. The van der Waals surface area contributed by atoms with Crippen molar-refractivity contribution in [2.24, 2.45) is 0 Å². The van der Waals surface area contributed by atoms with E-state index in [0.29, 0.717) is 4.47 Å². The maximum absolute atomic E-state index is 11.9. The Morgan fingerprint density at radius 1 is 1.61 bits per heavy atom. The maximum Gasteiger partial charge on any atom is 0.255 e. The SMILES string of the molecule is CC(CS(C)(=O)=O)NC(=O)c1cc(Br)cnc1N. The Balaban J connectivity index is 2.80. The molecule has 1 aromatic heterocycles. The number of sulfone groups is 1. The Morgan fingerprint density at radius 2 is 2.22 bits per heavy atom. The van der Waals surface area contributed by atoms with Gasteiger partial charge in [-0.1, -0.05) is 0 Å². The molecular weight excluding hydrogens is 322 g/mol. The molecule has 8 heteroatoms. The van der Waals surface area contributed by atoms with Gasteiger partial charge in [0.15, 0.2) is 0 Å². The molecule has 0 aliphatic rings. The molecule has 0 aliphatic carbocycles. The first-order chi connectivity index (χ1) is 8.19. The number of hydrogen-bond donors (Lipinski definition) is 2. The molecule has 6 nitrogen and oxygen atoms in total. The van der Waals surface area contributed by atoms with Gasteiger partial charge in [0.25, 0.3) is 5.91 Å². The zero-order valence-corrected chi connectivity index (χ0v) is 12.4. The van der Waals surface area contributed by atoms with Crippen LogP contribution in [0, 0.1) is 0 Å². The van der Waals surface area contributed by atoms with E-state index in [4.69, 9.17) is 5.73 Å². The first-order valence-electron chi connectivity index (χ1n) is 5.08. The van der Waals surface area contributed by atoms with Gasteiger partial charge in [0.2, 0.25) is 0 Å². The number of hydrogen-bond acceptors (Lipinski definition) is 5. The van der Waals surface area contributed by atoms with Gasteiger partial charge in [-0.2, -0.15) is 0 Å². The first kappa shape index (κ1) is 14.9. The summed E-state index contributed by atoms with van der Waals surface area (Å²) in [7, 11) is -3.14. The van der Waals surface area contributed by atoms with E-state index in [1.54, 1.807) is 6.92 Å². The van der Waals surface area contributed by atoms with E-state index in [1.165, 1.54) is 12.3 Å². The monoisotopic (exact) mass is 335 g/mol. The van der Waals surface area contributed by atoms with E-state index < -0.39 is 21.8 Å². The molecule has 0 fully saturated rings. The van der Waals surface area contributed by atoms with Crippen LogP contribution in [0.25, 0.3) is 0 Å². The molecule has 0 aromatic carbocycles. The predicted octanol–water partition coefficient (Wildman–Crippen LogP) is 0.589. The fourth-order valence-corrected chi connectivity index (χ4v) is 2.75. The lowest BCUT2D eigenvalue weighted by Gasteiger charge is -2.13. The molecule has 0 bridgehead atoms. The molecule has 1 atom stereocenters. The van der Waals surface area contributed by atoms with Gasteiger partial charge >= 0.3 is 0 Å². The zero-order chi connectivity index (χ0) is 13.9. The molecule has 1 amide bonds. The molecule has 1 unspecified atom stereocenters. The van der Waals surface area contributed by atoms with Gasteiger partial charge in [0.05, 0.1) is 11.3 Å². The summed E-state index contributed by atoms with van der Waals surface area (Å²) in [6.07, 6.45) is 2.59. The normalized spacial score (nSPS) is 13.1. The lowest BCUT2D eigenvalue weighted by atomic mass is 10.2. The Bertz CT molecular complexity index is 559. The highest BCUT2D eigenvalue weighted by Crippen LogP contribution is 2.15. The molecule has 18 heavy (non-hydrogen) atoms. The number of carbonyl (C=O) groups excluding carboxylic acids is 1. The number of pyridine rings is 1. The van der Waals surface area contributed by atoms with E-state index in [1.807, 2.05) is 0 Å². The third-order valence-electron chi connectivity index (χ3n) is 2.06. The average Bonchev–Trinajstić information content (AvgIpc) is 2.18. The zero-order valence-electron chi connectivity index (χ0n) is 9.97. The molecule has 0 aliphatic heterocycles.